The van der Waals surface area contributed by atoms with Crippen molar-refractivity contribution in [2.45, 2.75) is 65.1 Å². The molecule has 2 aromatic rings. The summed E-state index contributed by atoms with van der Waals surface area (Å²) in [5, 5.41) is 12.4. The molecule has 0 aliphatic heterocycles. The summed E-state index contributed by atoms with van der Waals surface area (Å²) in [6.07, 6.45) is 6.30. The first-order valence-corrected chi connectivity index (χ1v) is 8.41. The van der Waals surface area contributed by atoms with Gasteiger partial charge in [0.25, 0.3) is 0 Å². The number of H-pyrrole nitrogens is 1. The fourth-order valence-electron chi connectivity index (χ4n) is 3.71. The maximum absolute atomic E-state index is 4.59. The molecule has 2 aliphatic rings. The highest BCUT2D eigenvalue weighted by Gasteiger charge is 2.32. The second-order valence-corrected chi connectivity index (χ2v) is 6.89. The van der Waals surface area contributed by atoms with E-state index in [2.05, 4.69) is 34.0 Å². The zero-order valence-electron chi connectivity index (χ0n) is 13.8. The Bertz CT molecular complexity index is 692. The maximum atomic E-state index is 4.59. The number of hydrogen-bond donors (Lipinski definition) is 1. The average Bonchev–Trinajstić information content (AvgIpc) is 3.03. The molecule has 0 unspecified atom stereocenters. The third-order valence-electron chi connectivity index (χ3n) is 5.33. The molecule has 0 bridgehead atoms. The molecule has 4 rings (SSSR count). The summed E-state index contributed by atoms with van der Waals surface area (Å²) in [7, 11) is 2.04. The lowest BCUT2D eigenvalue weighted by atomic mass is 10.1. The minimum absolute atomic E-state index is 0.729. The van der Waals surface area contributed by atoms with E-state index in [1.807, 2.05) is 11.7 Å². The van der Waals surface area contributed by atoms with Gasteiger partial charge in [0.2, 0.25) is 0 Å². The Kier molecular flexibility index (Phi) is 3.33. The molecule has 0 spiro atoms. The van der Waals surface area contributed by atoms with Crippen molar-refractivity contribution < 1.29 is 0 Å². The van der Waals surface area contributed by atoms with Gasteiger partial charge in [-0.15, -0.1) is 0 Å². The lowest BCUT2D eigenvalue weighted by Gasteiger charge is -2.21. The summed E-state index contributed by atoms with van der Waals surface area (Å²) < 4.78 is 2.00. The lowest BCUT2D eigenvalue weighted by Crippen LogP contribution is -2.26. The fourth-order valence-corrected chi connectivity index (χ4v) is 3.71. The topological polar surface area (TPSA) is 49.7 Å². The third-order valence-corrected chi connectivity index (χ3v) is 5.33. The van der Waals surface area contributed by atoms with Crippen LogP contribution >= 0.6 is 0 Å². The van der Waals surface area contributed by atoms with E-state index in [4.69, 9.17) is 0 Å². The highest BCUT2D eigenvalue weighted by Crippen LogP contribution is 2.32. The molecule has 118 valence electrons. The normalized spacial score (nSPS) is 17.5. The molecule has 1 fully saturated rings. The number of aryl methyl sites for hydroxylation is 3. The van der Waals surface area contributed by atoms with E-state index in [0.29, 0.717) is 0 Å². The average molecular weight is 299 g/mol. The van der Waals surface area contributed by atoms with Crippen molar-refractivity contribution in [3.8, 4) is 0 Å². The molecule has 5 nitrogen and oxygen atoms in total. The SMILES string of the molecule is Cc1nn(C)c(C)c1CN(Cc1n[nH]c2c1CCC2)C1CC1. The van der Waals surface area contributed by atoms with E-state index < -0.39 is 0 Å². The van der Waals surface area contributed by atoms with Crippen LogP contribution < -0.4 is 0 Å². The highest BCUT2D eigenvalue weighted by atomic mass is 15.3. The minimum Gasteiger partial charge on any atom is -0.290 e. The van der Waals surface area contributed by atoms with Gasteiger partial charge < -0.3 is 0 Å². The van der Waals surface area contributed by atoms with Gasteiger partial charge in [0.05, 0.1) is 11.4 Å². The van der Waals surface area contributed by atoms with E-state index in [1.54, 1.807) is 0 Å². The van der Waals surface area contributed by atoms with E-state index >= 15 is 0 Å². The Balaban J connectivity index is 1.56. The van der Waals surface area contributed by atoms with Gasteiger partial charge in [-0.05, 0) is 51.5 Å². The van der Waals surface area contributed by atoms with Crippen molar-refractivity contribution in [2.75, 3.05) is 0 Å². The zero-order valence-corrected chi connectivity index (χ0v) is 13.8. The van der Waals surface area contributed by atoms with Gasteiger partial charge in [-0.2, -0.15) is 10.2 Å². The Hall–Kier alpha value is -1.62. The predicted molar refractivity (Wildman–Crippen MR) is 85.6 cm³/mol. The van der Waals surface area contributed by atoms with Crippen LogP contribution in [0.3, 0.4) is 0 Å². The number of nitrogens with zero attached hydrogens (tertiary/aromatic N) is 4. The van der Waals surface area contributed by atoms with E-state index in [9.17, 15) is 0 Å². The Morgan fingerprint density at radius 3 is 2.73 bits per heavy atom. The van der Waals surface area contributed by atoms with Gasteiger partial charge in [0.15, 0.2) is 0 Å². The summed E-state index contributed by atoms with van der Waals surface area (Å²) in [5.74, 6) is 0. The van der Waals surface area contributed by atoms with Gasteiger partial charge in [-0.25, -0.2) is 0 Å². The summed E-state index contributed by atoms with van der Waals surface area (Å²) in [6.45, 7) is 6.27. The summed E-state index contributed by atoms with van der Waals surface area (Å²) in [6, 6.07) is 0.729. The van der Waals surface area contributed by atoms with Crippen LogP contribution in [-0.2, 0) is 33.0 Å². The van der Waals surface area contributed by atoms with Gasteiger partial charge in [0.1, 0.15) is 0 Å². The smallest absolute Gasteiger partial charge is 0.0797 e. The number of aromatic nitrogens is 4. The van der Waals surface area contributed by atoms with Crippen LogP contribution in [0.4, 0.5) is 0 Å². The number of hydrogen-bond acceptors (Lipinski definition) is 3. The second-order valence-electron chi connectivity index (χ2n) is 6.89. The van der Waals surface area contributed by atoms with Crippen LogP contribution in [0.25, 0.3) is 0 Å². The monoisotopic (exact) mass is 299 g/mol. The Morgan fingerprint density at radius 2 is 2.05 bits per heavy atom. The van der Waals surface area contributed by atoms with Crippen LogP contribution in [0.15, 0.2) is 0 Å². The van der Waals surface area contributed by atoms with Crippen molar-refractivity contribution in [3.63, 3.8) is 0 Å². The van der Waals surface area contributed by atoms with Crippen molar-refractivity contribution in [1.29, 1.82) is 0 Å². The molecule has 0 aromatic carbocycles. The van der Waals surface area contributed by atoms with Crippen LogP contribution in [-0.4, -0.2) is 30.9 Å². The first-order valence-electron chi connectivity index (χ1n) is 8.41. The molecule has 0 amide bonds. The fraction of sp³-hybridized carbons (Fsp3) is 0.647. The number of rotatable bonds is 5. The van der Waals surface area contributed by atoms with Gasteiger partial charge in [0, 0.05) is 43.1 Å². The molecule has 2 aromatic heterocycles. The summed E-state index contributed by atoms with van der Waals surface area (Å²) >= 11 is 0. The van der Waals surface area contributed by atoms with Crippen molar-refractivity contribution in [1.82, 2.24) is 24.9 Å². The number of nitrogens with one attached hydrogen (secondary N) is 1. The van der Waals surface area contributed by atoms with Gasteiger partial charge in [-0.3, -0.25) is 14.7 Å². The first-order chi connectivity index (χ1) is 10.6. The first kappa shape index (κ1) is 14.0. The molecule has 0 saturated heterocycles. The quantitative estimate of drug-likeness (QED) is 0.922. The summed E-state index contributed by atoms with van der Waals surface area (Å²) in [5.41, 5.74) is 7.98. The largest absolute Gasteiger partial charge is 0.290 e. The molecular weight excluding hydrogens is 274 g/mol. The molecular formula is C17H25N5. The standard InChI is InChI=1S/C17H25N5/c1-11-15(12(2)21(3)20-11)9-22(13-7-8-13)10-17-14-5-4-6-16(14)18-19-17/h13H,4-10H2,1-3H3,(H,18,19). The zero-order chi connectivity index (χ0) is 15.3. The lowest BCUT2D eigenvalue weighted by molar-refractivity contribution is 0.241. The van der Waals surface area contributed by atoms with E-state index in [-0.39, 0.29) is 0 Å². The molecule has 0 radical (unpaired) electrons. The Labute approximate surface area is 131 Å². The molecule has 22 heavy (non-hydrogen) atoms. The second kappa shape index (κ2) is 5.23. The van der Waals surface area contributed by atoms with Gasteiger partial charge >= 0.3 is 0 Å². The highest BCUT2D eigenvalue weighted by molar-refractivity contribution is 5.30. The number of aromatic amines is 1. The van der Waals surface area contributed by atoms with Crippen molar-refractivity contribution in [2.24, 2.45) is 7.05 Å². The van der Waals surface area contributed by atoms with Crippen LogP contribution in [0.2, 0.25) is 0 Å². The van der Waals surface area contributed by atoms with Crippen molar-refractivity contribution >= 4 is 0 Å². The summed E-state index contributed by atoms with van der Waals surface area (Å²) in [4.78, 5) is 2.60. The Morgan fingerprint density at radius 1 is 1.23 bits per heavy atom. The van der Waals surface area contributed by atoms with Crippen molar-refractivity contribution in [3.05, 3.63) is 33.9 Å². The van der Waals surface area contributed by atoms with Crippen LogP contribution in [0.5, 0.6) is 0 Å². The molecule has 5 heteroatoms. The molecule has 1 saturated carbocycles. The molecule has 2 aliphatic carbocycles. The van der Waals surface area contributed by atoms with Crippen LogP contribution in [0, 0.1) is 13.8 Å². The maximum Gasteiger partial charge on any atom is 0.0797 e. The van der Waals surface area contributed by atoms with Crippen LogP contribution in [0.1, 0.15) is 53.2 Å². The van der Waals surface area contributed by atoms with Gasteiger partial charge in [-0.1, -0.05) is 0 Å². The molecule has 2 heterocycles. The predicted octanol–water partition coefficient (Wildman–Crippen LogP) is 2.41. The number of fused-ring (bicyclic) bond motifs is 1. The molecule has 0 atom stereocenters. The van der Waals surface area contributed by atoms with E-state index in [0.717, 1.165) is 24.8 Å². The third kappa shape index (κ3) is 2.37. The minimum atomic E-state index is 0.729. The molecule has 1 N–H and O–H groups in total. The van der Waals surface area contributed by atoms with E-state index in [1.165, 1.54) is 60.3 Å².